The molecule has 0 aliphatic heterocycles. The Labute approximate surface area is 288 Å². The van der Waals surface area contributed by atoms with E-state index in [2.05, 4.69) is 54.4 Å². The minimum absolute atomic E-state index is 0.0165. The monoisotopic (exact) mass is 670 g/mol. The van der Waals surface area contributed by atoms with Gasteiger partial charge in [0.05, 0.1) is 11.3 Å². The maximum atomic E-state index is 13.2. The van der Waals surface area contributed by atoms with Gasteiger partial charge < -0.3 is 15.7 Å². The van der Waals surface area contributed by atoms with Gasteiger partial charge in [-0.15, -0.1) is 11.3 Å². The normalized spacial score (nSPS) is 20.4. The number of rotatable bonds is 12. The average Bonchev–Trinajstić information content (AvgIpc) is 3.60. The van der Waals surface area contributed by atoms with Gasteiger partial charge >= 0.3 is 5.97 Å². The van der Waals surface area contributed by atoms with Gasteiger partial charge in [-0.25, -0.2) is 9.97 Å². The first-order chi connectivity index (χ1) is 23.0. The summed E-state index contributed by atoms with van der Waals surface area (Å²) in [7, 11) is 0. The van der Waals surface area contributed by atoms with Gasteiger partial charge in [-0.1, -0.05) is 77.3 Å². The van der Waals surface area contributed by atoms with Gasteiger partial charge in [0.2, 0.25) is 5.91 Å². The lowest BCUT2D eigenvalue weighted by Crippen LogP contribution is -2.48. The zero-order chi connectivity index (χ0) is 34.3. The van der Waals surface area contributed by atoms with Crippen LogP contribution in [0.4, 0.5) is 0 Å². The first-order valence-electron chi connectivity index (χ1n) is 17.5. The average molecular weight is 671 g/mol. The number of allylic oxidation sites excluding steroid dienone is 2. The van der Waals surface area contributed by atoms with E-state index in [1.807, 2.05) is 42.7 Å². The third-order valence-corrected chi connectivity index (χ3v) is 11.6. The summed E-state index contributed by atoms with van der Waals surface area (Å²) in [4.78, 5) is 48.2. The second kappa shape index (κ2) is 16.0. The fourth-order valence-corrected chi connectivity index (χ4v) is 7.97. The number of carboxylic acid groups (broad SMARTS) is 1. The van der Waals surface area contributed by atoms with Crippen molar-refractivity contribution in [2.75, 3.05) is 6.54 Å². The molecule has 3 N–H and O–H groups in total. The smallest absolute Gasteiger partial charge is 0.305 e. The molecular formula is C39H50N4O4S. The van der Waals surface area contributed by atoms with Crippen LogP contribution in [-0.4, -0.2) is 45.4 Å². The molecule has 1 unspecified atom stereocenters. The highest BCUT2D eigenvalue weighted by Gasteiger charge is 2.29. The zero-order valence-electron chi connectivity index (χ0n) is 28.8. The van der Waals surface area contributed by atoms with Crippen molar-refractivity contribution in [3.8, 4) is 11.4 Å². The number of nitrogens with one attached hydrogen (secondary N) is 2. The number of aromatic nitrogens is 2. The maximum absolute atomic E-state index is 13.2. The minimum Gasteiger partial charge on any atom is -0.481 e. The van der Waals surface area contributed by atoms with Crippen molar-refractivity contribution in [1.29, 1.82) is 0 Å². The van der Waals surface area contributed by atoms with E-state index in [-0.39, 0.29) is 30.7 Å². The standard InChI is InChI=1S/C39H50N4O4S/c1-5-25-6-10-27(11-7-25)28-14-16-29(17-15-28)31-23-41-36(42-24-31)30-12-8-26(9-13-30)22-32(37(46)40-21-20-35(44)45)43-38(47)33-18-19-34(48-33)39(2,3)4/h8-9,12-13,16,18-19,23-25,27-28,32H,5-7,10-11,14-15,17,20-22H2,1-4H3,(H,40,46)(H,43,47)(H,44,45)/t25?,27?,28?,32-/m0/s1. The molecule has 256 valence electrons. The van der Waals surface area contributed by atoms with Crippen LogP contribution in [0.25, 0.3) is 17.0 Å². The van der Waals surface area contributed by atoms with Crippen molar-refractivity contribution in [3.05, 3.63) is 75.7 Å². The highest BCUT2D eigenvalue weighted by Crippen LogP contribution is 2.41. The molecule has 2 aliphatic rings. The van der Waals surface area contributed by atoms with Crippen molar-refractivity contribution in [1.82, 2.24) is 20.6 Å². The number of hydrogen-bond donors (Lipinski definition) is 3. The van der Waals surface area contributed by atoms with Gasteiger partial charge in [0.25, 0.3) is 5.91 Å². The Morgan fingerprint density at radius 1 is 0.938 bits per heavy atom. The van der Waals surface area contributed by atoms with Crippen LogP contribution in [0.2, 0.25) is 0 Å². The van der Waals surface area contributed by atoms with Crippen molar-refractivity contribution in [2.24, 2.45) is 17.8 Å². The molecule has 0 saturated heterocycles. The number of aliphatic carboxylic acids is 1. The second-order valence-corrected chi connectivity index (χ2v) is 15.6. The van der Waals surface area contributed by atoms with Crippen molar-refractivity contribution in [2.45, 2.75) is 103 Å². The summed E-state index contributed by atoms with van der Waals surface area (Å²) in [5.74, 6) is 1.51. The van der Waals surface area contributed by atoms with E-state index in [0.29, 0.717) is 10.7 Å². The molecule has 0 bridgehead atoms. The number of nitrogens with zero attached hydrogens (tertiary/aromatic N) is 2. The van der Waals surface area contributed by atoms with Crippen molar-refractivity contribution >= 4 is 34.7 Å². The largest absolute Gasteiger partial charge is 0.481 e. The molecule has 2 atom stereocenters. The van der Waals surface area contributed by atoms with E-state index in [4.69, 9.17) is 5.11 Å². The summed E-state index contributed by atoms with van der Waals surface area (Å²) in [6.07, 6.45) is 16.7. The summed E-state index contributed by atoms with van der Waals surface area (Å²) < 4.78 is 0. The van der Waals surface area contributed by atoms with Gasteiger partial charge in [0.1, 0.15) is 6.04 Å². The van der Waals surface area contributed by atoms with Crippen LogP contribution in [0.5, 0.6) is 0 Å². The quantitative estimate of drug-likeness (QED) is 0.181. The van der Waals surface area contributed by atoms with E-state index in [1.165, 1.54) is 55.4 Å². The maximum Gasteiger partial charge on any atom is 0.305 e. The molecule has 1 fully saturated rings. The lowest BCUT2D eigenvalue weighted by molar-refractivity contribution is -0.137. The number of thiophene rings is 1. The van der Waals surface area contributed by atoms with Crippen LogP contribution in [0.15, 0.2) is 54.9 Å². The summed E-state index contributed by atoms with van der Waals surface area (Å²) in [6.45, 7) is 8.57. The number of carbonyl (C=O) groups is 3. The molecule has 1 saturated carbocycles. The lowest BCUT2D eigenvalue weighted by Gasteiger charge is -2.35. The third kappa shape index (κ3) is 9.40. The summed E-state index contributed by atoms with van der Waals surface area (Å²) in [5, 5.41) is 14.5. The van der Waals surface area contributed by atoms with Crippen LogP contribution in [0, 0.1) is 17.8 Å². The fourth-order valence-electron chi connectivity index (χ4n) is 7.00. The first-order valence-corrected chi connectivity index (χ1v) is 18.3. The lowest BCUT2D eigenvalue weighted by atomic mass is 9.71. The van der Waals surface area contributed by atoms with Crippen LogP contribution >= 0.6 is 11.3 Å². The number of carboxylic acids is 1. The highest BCUT2D eigenvalue weighted by molar-refractivity contribution is 7.14. The number of carbonyl (C=O) groups excluding carboxylic acids is 2. The van der Waals surface area contributed by atoms with Gasteiger partial charge in [-0.3, -0.25) is 14.4 Å². The summed E-state index contributed by atoms with van der Waals surface area (Å²) in [6, 6.07) is 10.5. The predicted octanol–water partition coefficient (Wildman–Crippen LogP) is 7.83. The molecule has 2 amide bonds. The Hall–Kier alpha value is -3.85. The minimum atomic E-state index is -1.00. The number of hydrogen-bond acceptors (Lipinski definition) is 6. The van der Waals surface area contributed by atoms with E-state index in [0.717, 1.165) is 52.2 Å². The fraction of sp³-hybridized carbons (Fsp3) is 0.513. The van der Waals surface area contributed by atoms with E-state index in [1.54, 1.807) is 6.07 Å². The zero-order valence-corrected chi connectivity index (χ0v) is 29.6. The van der Waals surface area contributed by atoms with Gasteiger partial charge in [0, 0.05) is 41.4 Å². The Morgan fingerprint density at radius 3 is 2.23 bits per heavy atom. The highest BCUT2D eigenvalue weighted by atomic mass is 32.1. The molecule has 2 aliphatic carbocycles. The molecular weight excluding hydrogens is 621 g/mol. The van der Waals surface area contributed by atoms with Gasteiger partial charge in [0.15, 0.2) is 5.82 Å². The third-order valence-electron chi connectivity index (χ3n) is 10.1. The van der Waals surface area contributed by atoms with Gasteiger partial charge in [-0.2, -0.15) is 0 Å². The molecule has 8 nitrogen and oxygen atoms in total. The van der Waals surface area contributed by atoms with E-state index >= 15 is 0 Å². The molecule has 9 heteroatoms. The molecule has 1 aromatic carbocycles. The molecule has 3 aromatic rings. The SMILES string of the molecule is CCC1CCC(C2CC=C(c3cnc(-c4ccc(C[C@H](NC(=O)c5ccc(C(C)(C)C)s5)C(=O)NCCC(=O)O)cc4)nc3)CC2)CC1. The van der Waals surface area contributed by atoms with Crippen LogP contribution in [0.1, 0.15) is 111 Å². The van der Waals surface area contributed by atoms with Crippen LogP contribution in [-0.2, 0) is 21.4 Å². The Balaban J connectivity index is 1.21. The summed E-state index contributed by atoms with van der Waals surface area (Å²) in [5.41, 5.74) is 4.07. The molecule has 48 heavy (non-hydrogen) atoms. The molecule has 5 rings (SSSR count). The van der Waals surface area contributed by atoms with E-state index in [9.17, 15) is 14.4 Å². The van der Waals surface area contributed by atoms with Crippen LogP contribution < -0.4 is 10.6 Å². The Kier molecular flexibility index (Phi) is 11.8. The summed E-state index contributed by atoms with van der Waals surface area (Å²) >= 11 is 1.41. The molecule has 2 heterocycles. The van der Waals surface area contributed by atoms with E-state index < -0.39 is 17.9 Å². The molecule has 0 spiro atoms. The predicted molar refractivity (Wildman–Crippen MR) is 192 cm³/mol. The van der Waals surface area contributed by atoms with Crippen LogP contribution in [0.3, 0.4) is 0 Å². The topological polar surface area (TPSA) is 121 Å². The van der Waals surface area contributed by atoms with Crippen molar-refractivity contribution < 1.29 is 19.5 Å². The number of amides is 2. The molecule has 0 radical (unpaired) electrons. The van der Waals surface area contributed by atoms with Gasteiger partial charge in [-0.05, 0) is 78.5 Å². The number of benzene rings is 1. The Bertz CT molecular complexity index is 1580. The molecule has 2 aromatic heterocycles. The second-order valence-electron chi connectivity index (χ2n) is 14.5. The Morgan fingerprint density at radius 2 is 1.65 bits per heavy atom. The van der Waals surface area contributed by atoms with Crippen molar-refractivity contribution in [3.63, 3.8) is 0 Å². The first kappa shape index (κ1) is 35.5.